The average Bonchev–Trinajstić information content (AvgIpc) is 2.34. The van der Waals surface area contributed by atoms with E-state index >= 15 is 0 Å². The minimum atomic E-state index is -0.471. The lowest BCUT2D eigenvalue weighted by Crippen LogP contribution is -2.35. The van der Waals surface area contributed by atoms with Crippen LogP contribution in [0.1, 0.15) is 18.1 Å². The van der Waals surface area contributed by atoms with Crippen LogP contribution in [-0.2, 0) is 12.0 Å². The largest absolute Gasteiger partial charge is 0.321 e. The van der Waals surface area contributed by atoms with Crippen LogP contribution in [0.5, 0.6) is 0 Å². The number of nitrogens with two attached hydrogens (primary N) is 1. The molecule has 0 aliphatic heterocycles. The standard InChI is InChI=1S/C15H15BrFN/c1-15(18,12-5-3-2-4-6-12)10-11-7-8-13(17)9-14(11)16/h2-9H,10,18H2,1H3. The van der Waals surface area contributed by atoms with Gasteiger partial charge in [0.15, 0.2) is 0 Å². The fraction of sp³-hybridized carbons (Fsp3) is 0.200. The molecule has 1 atom stereocenters. The molecular formula is C15H15BrFN. The van der Waals surface area contributed by atoms with E-state index in [1.54, 1.807) is 6.07 Å². The lowest BCUT2D eigenvalue weighted by atomic mass is 9.87. The maximum atomic E-state index is 13.0. The summed E-state index contributed by atoms with van der Waals surface area (Å²) in [7, 11) is 0. The third-order valence-corrected chi connectivity index (χ3v) is 3.74. The number of hydrogen-bond donors (Lipinski definition) is 1. The highest BCUT2D eigenvalue weighted by Crippen LogP contribution is 2.27. The van der Waals surface area contributed by atoms with Crippen LogP contribution >= 0.6 is 15.9 Å². The third-order valence-electron chi connectivity index (χ3n) is 3.01. The fourth-order valence-electron chi connectivity index (χ4n) is 1.98. The molecule has 0 spiro atoms. The van der Waals surface area contributed by atoms with Crippen molar-refractivity contribution in [1.29, 1.82) is 0 Å². The van der Waals surface area contributed by atoms with Gasteiger partial charge in [-0.1, -0.05) is 52.3 Å². The molecule has 0 aromatic heterocycles. The van der Waals surface area contributed by atoms with Crippen LogP contribution in [0.2, 0.25) is 0 Å². The fourth-order valence-corrected chi connectivity index (χ4v) is 2.47. The zero-order valence-corrected chi connectivity index (χ0v) is 11.7. The Labute approximate surface area is 115 Å². The van der Waals surface area contributed by atoms with E-state index in [2.05, 4.69) is 15.9 Å². The molecule has 1 nitrogen and oxygen atoms in total. The van der Waals surface area contributed by atoms with Gasteiger partial charge in [0.25, 0.3) is 0 Å². The van der Waals surface area contributed by atoms with E-state index in [1.807, 2.05) is 37.3 Å². The van der Waals surface area contributed by atoms with Gasteiger partial charge in [0.05, 0.1) is 0 Å². The molecule has 2 N–H and O–H groups in total. The van der Waals surface area contributed by atoms with Crippen LogP contribution in [0.4, 0.5) is 4.39 Å². The van der Waals surface area contributed by atoms with Gasteiger partial charge in [0.2, 0.25) is 0 Å². The predicted octanol–water partition coefficient (Wildman–Crippen LogP) is 4.00. The van der Waals surface area contributed by atoms with Crippen molar-refractivity contribution in [2.24, 2.45) is 5.73 Å². The molecule has 0 fully saturated rings. The van der Waals surface area contributed by atoms with Crippen molar-refractivity contribution in [3.63, 3.8) is 0 Å². The number of rotatable bonds is 3. The Kier molecular flexibility index (Phi) is 3.83. The van der Waals surface area contributed by atoms with Crippen molar-refractivity contribution < 1.29 is 4.39 Å². The molecule has 2 aromatic rings. The average molecular weight is 308 g/mol. The molecule has 0 heterocycles. The van der Waals surface area contributed by atoms with E-state index in [1.165, 1.54) is 12.1 Å². The van der Waals surface area contributed by atoms with Gasteiger partial charge >= 0.3 is 0 Å². The summed E-state index contributed by atoms with van der Waals surface area (Å²) < 4.78 is 13.8. The zero-order valence-electron chi connectivity index (χ0n) is 10.2. The molecule has 0 aliphatic rings. The van der Waals surface area contributed by atoms with Crippen molar-refractivity contribution in [1.82, 2.24) is 0 Å². The number of hydrogen-bond acceptors (Lipinski definition) is 1. The summed E-state index contributed by atoms with van der Waals surface area (Å²) in [6, 6.07) is 14.6. The Hall–Kier alpha value is -1.19. The zero-order chi connectivity index (χ0) is 13.2. The first-order valence-corrected chi connectivity index (χ1v) is 6.57. The van der Waals surface area contributed by atoms with Gasteiger partial charge in [-0.05, 0) is 36.6 Å². The van der Waals surface area contributed by atoms with Gasteiger partial charge in [-0.25, -0.2) is 4.39 Å². The van der Waals surface area contributed by atoms with E-state index in [-0.39, 0.29) is 5.82 Å². The first-order valence-electron chi connectivity index (χ1n) is 5.77. The number of benzene rings is 2. The van der Waals surface area contributed by atoms with E-state index in [4.69, 9.17) is 5.73 Å². The highest BCUT2D eigenvalue weighted by Gasteiger charge is 2.22. The topological polar surface area (TPSA) is 26.0 Å². The van der Waals surface area contributed by atoms with E-state index in [9.17, 15) is 4.39 Å². The molecule has 0 saturated heterocycles. The Bertz CT molecular complexity index is 537. The maximum absolute atomic E-state index is 13.0. The second-order valence-corrected chi connectivity index (χ2v) is 5.55. The normalized spacial score (nSPS) is 14.2. The smallest absolute Gasteiger partial charge is 0.124 e. The second kappa shape index (κ2) is 5.21. The van der Waals surface area contributed by atoms with Gasteiger partial charge in [-0.15, -0.1) is 0 Å². The molecule has 0 saturated carbocycles. The Balaban J connectivity index is 2.28. The molecule has 2 aromatic carbocycles. The maximum Gasteiger partial charge on any atom is 0.124 e. The Morgan fingerprint density at radius 2 is 1.83 bits per heavy atom. The first-order chi connectivity index (χ1) is 8.49. The lowest BCUT2D eigenvalue weighted by molar-refractivity contribution is 0.490. The highest BCUT2D eigenvalue weighted by molar-refractivity contribution is 9.10. The van der Waals surface area contributed by atoms with Crippen LogP contribution in [0.15, 0.2) is 53.0 Å². The molecule has 0 bridgehead atoms. The minimum absolute atomic E-state index is 0.246. The molecule has 0 amide bonds. The SMILES string of the molecule is CC(N)(Cc1ccc(F)cc1Br)c1ccccc1. The van der Waals surface area contributed by atoms with E-state index in [0.717, 1.165) is 15.6 Å². The summed E-state index contributed by atoms with van der Waals surface area (Å²) in [6.07, 6.45) is 0.651. The molecule has 0 radical (unpaired) electrons. The predicted molar refractivity (Wildman–Crippen MR) is 75.8 cm³/mol. The summed E-state index contributed by atoms with van der Waals surface area (Å²) in [6.45, 7) is 1.98. The van der Waals surface area contributed by atoms with Gasteiger partial charge < -0.3 is 5.73 Å². The summed E-state index contributed by atoms with van der Waals surface area (Å²) >= 11 is 3.38. The first kappa shape index (κ1) is 13.2. The van der Waals surface area contributed by atoms with Crippen LogP contribution < -0.4 is 5.73 Å². The summed E-state index contributed by atoms with van der Waals surface area (Å²) in [5, 5.41) is 0. The molecule has 18 heavy (non-hydrogen) atoms. The van der Waals surface area contributed by atoms with Gasteiger partial charge in [0, 0.05) is 10.0 Å². The van der Waals surface area contributed by atoms with Gasteiger partial charge in [-0.3, -0.25) is 0 Å². The van der Waals surface area contributed by atoms with Crippen molar-refractivity contribution in [2.45, 2.75) is 18.9 Å². The van der Waals surface area contributed by atoms with E-state index < -0.39 is 5.54 Å². The lowest BCUT2D eigenvalue weighted by Gasteiger charge is -2.26. The quantitative estimate of drug-likeness (QED) is 0.911. The third kappa shape index (κ3) is 2.98. The Morgan fingerprint density at radius 1 is 1.17 bits per heavy atom. The van der Waals surface area contributed by atoms with Gasteiger partial charge in [0.1, 0.15) is 5.82 Å². The summed E-state index contributed by atoms with van der Waals surface area (Å²) in [5.74, 6) is -0.246. The molecule has 3 heteroatoms. The van der Waals surface area contributed by atoms with Crippen molar-refractivity contribution >= 4 is 15.9 Å². The Morgan fingerprint density at radius 3 is 2.44 bits per heavy atom. The van der Waals surface area contributed by atoms with Crippen molar-refractivity contribution in [2.75, 3.05) is 0 Å². The monoisotopic (exact) mass is 307 g/mol. The molecule has 94 valence electrons. The van der Waals surface area contributed by atoms with Gasteiger partial charge in [-0.2, -0.15) is 0 Å². The highest BCUT2D eigenvalue weighted by atomic mass is 79.9. The van der Waals surface area contributed by atoms with E-state index in [0.29, 0.717) is 6.42 Å². The number of halogens is 2. The second-order valence-electron chi connectivity index (χ2n) is 4.70. The van der Waals surface area contributed by atoms with Crippen LogP contribution in [0, 0.1) is 5.82 Å². The molecule has 0 aliphatic carbocycles. The van der Waals surface area contributed by atoms with Crippen molar-refractivity contribution in [3.05, 3.63) is 69.9 Å². The van der Waals surface area contributed by atoms with Crippen LogP contribution in [-0.4, -0.2) is 0 Å². The summed E-state index contributed by atoms with van der Waals surface area (Å²) in [4.78, 5) is 0. The molecule has 1 unspecified atom stereocenters. The minimum Gasteiger partial charge on any atom is -0.321 e. The van der Waals surface area contributed by atoms with Crippen LogP contribution in [0.3, 0.4) is 0 Å². The van der Waals surface area contributed by atoms with Crippen molar-refractivity contribution in [3.8, 4) is 0 Å². The molecular weight excluding hydrogens is 293 g/mol. The molecule has 2 rings (SSSR count). The van der Waals surface area contributed by atoms with Crippen LogP contribution in [0.25, 0.3) is 0 Å². The summed E-state index contributed by atoms with van der Waals surface area (Å²) in [5.41, 5.74) is 7.97.